The maximum absolute atomic E-state index is 12.7. The van der Waals surface area contributed by atoms with Gasteiger partial charge in [0.05, 0.1) is 16.6 Å². The summed E-state index contributed by atoms with van der Waals surface area (Å²) in [5, 5.41) is 14.5. The fourth-order valence-electron chi connectivity index (χ4n) is 2.66. The molecule has 1 N–H and O–H groups in total. The van der Waals surface area contributed by atoms with E-state index in [0.717, 1.165) is 10.9 Å². The fourth-order valence-corrected chi connectivity index (χ4v) is 3.75. The van der Waals surface area contributed by atoms with Crippen LogP contribution >= 0.6 is 0 Å². The summed E-state index contributed by atoms with van der Waals surface area (Å²) in [6, 6.07) is 21.0. The van der Waals surface area contributed by atoms with E-state index in [-0.39, 0.29) is 16.3 Å². The van der Waals surface area contributed by atoms with Gasteiger partial charge in [0.2, 0.25) is 0 Å². The van der Waals surface area contributed by atoms with E-state index in [1.165, 1.54) is 23.0 Å². The molecule has 0 saturated heterocycles. The first kappa shape index (κ1) is 16.8. The average Bonchev–Trinajstić information content (AvgIpc) is 3.10. The molecule has 0 saturated carbocycles. The van der Waals surface area contributed by atoms with Gasteiger partial charge in [-0.05, 0) is 30.3 Å². The summed E-state index contributed by atoms with van der Waals surface area (Å²) in [4.78, 5) is 4.60. The van der Waals surface area contributed by atoms with Crippen LogP contribution in [-0.2, 0) is 10.0 Å². The van der Waals surface area contributed by atoms with Gasteiger partial charge in [-0.1, -0.05) is 36.4 Å². The highest BCUT2D eigenvalue weighted by Crippen LogP contribution is 2.23. The number of nitriles is 1. The van der Waals surface area contributed by atoms with Crippen LogP contribution in [0.3, 0.4) is 0 Å². The summed E-state index contributed by atoms with van der Waals surface area (Å²) in [5.74, 6) is 0.449. The lowest BCUT2D eigenvalue weighted by atomic mass is 10.2. The summed E-state index contributed by atoms with van der Waals surface area (Å²) in [5.41, 5.74) is 0.838. The molecule has 4 aromatic rings. The number of pyridine rings is 1. The van der Waals surface area contributed by atoms with Crippen LogP contribution in [0.4, 0.5) is 5.82 Å². The Bertz CT molecular complexity index is 1270. The van der Waals surface area contributed by atoms with E-state index >= 15 is 0 Å². The number of hydrogen-bond acceptors (Lipinski definition) is 5. The van der Waals surface area contributed by atoms with Crippen molar-refractivity contribution in [2.75, 3.05) is 4.72 Å². The lowest BCUT2D eigenvalue weighted by molar-refractivity contribution is 0.600. The van der Waals surface area contributed by atoms with E-state index < -0.39 is 10.0 Å². The zero-order valence-electron chi connectivity index (χ0n) is 13.9. The number of sulfonamides is 1. The van der Waals surface area contributed by atoms with E-state index in [0.29, 0.717) is 5.82 Å². The van der Waals surface area contributed by atoms with Crippen LogP contribution in [0, 0.1) is 11.3 Å². The highest BCUT2D eigenvalue weighted by molar-refractivity contribution is 7.92. The van der Waals surface area contributed by atoms with Crippen LogP contribution in [0.1, 0.15) is 5.56 Å². The molecule has 0 spiro atoms. The Morgan fingerprint density at radius 2 is 1.70 bits per heavy atom. The number of fused-ring (bicyclic) bond motifs is 1. The Balaban J connectivity index is 1.82. The first-order valence-electron chi connectivity index (χ1n) is 8.01. The van der Waals surface area contributed by atoms with Gasteiger partial charge in [0.1, 0.15) is 11.6 Å². The van der Waals surface area contributed by atoms with Gasteiger partial charge in [0.25, 0.3) is 10.0 Å². The van der Waals surface area contributed by atoms with Crippen molar-refractivity contribution in [2.45, 2.75) is 4.90 Å². The van der Waals surface area contributed by atoms with Crippen LogP contribution in [0.15, 0.2) is 77.8 Å². The molecule has 132 valence electrons. The first-order chi connectivity index (χ1) is 13.1. The van der Waals surface area contributed by atoms with E-state index in [9.17, 15) is 13.7 Å². The van der Waals surface area contributed by atoms with Crippen molar-refractivity contribution in [3.8, 4) is 11.9 Å². The molecular formula is C19H13N5O2S. The minimum atomic E-state index is -3.88. The number of para-hydroxylation sites is 1. The summed E-state index contributed by atoms with van der Waals surface area (Å²) in [6.07, 6.45) is 1.31. The fraction of sp³-hybridized carbons (Fsp3) is 0. The van der Waals surface area contributed by atoms with Crippen LogP contribution in [0.2, 0.25) is 0 Å². The van der Waals surface area contributed by atoms with Gasteiger partial charge in [0, 0.05) is 5.39 Å². The van der Waals surface area contributed by atoms with Crippen molar-refractivity contribution < 1.29 is 8.42 Å². The lowest BCUT2D eigenvalue weighted by Crippen LogP contribution is -2.17. The normalized spacial score (nSPS) is 11.2. The molecule has 0 bridgehead atoms. The molecule has 27 heavy (non-hydrogen) atoms. The minimum absolute atomic E-state index is 0.0455. The standard InChI is InChI=1S/C19H13N5O2S/c20-12-15-13-21-24(18-11-10-14-6-4-5-9-17(14)22-18)19(15)23-27(25,26)16-7-2-1-3-8-16/h1-11,13,23H. The number of benzene rings is 2. The van der Waals surface area contributed by atoms with Gasteiger partial charge in [-0.25, -0.2) is 13.4 Å². The molecule has 2 aromatic carbocycles. The first-order valence-corrected chi connectivity index (χ1v) is 9.49. The third-order valence-corrected chi connectivity index (χ3v) is 5.33. The summed E-state index contributed by atoms with van der Waals surface area (Å²) < 4.78 is 29.1. The third kappa shape index (κ3) is 3.12. The Labute approximate surface area is 155 Å². The number of rotatable bonds is 4. The van der Waals surface area contributed by atoms with Gasteiger partial charge < -0.3 is 0 Å². The van der Waals surface area contributed by atoms with Gasteiger partial charge >= 0.3 is 0 Å². The number of nitrogens with zero attached hydrogens (tertiary/aromatic N) is 4. The van der Waals surface area contributed by atoms with Crippen molar-refractivity contribution in [3.63, 3.8) is 0 Å². The smallest absolute Gasteiger partial charge is 0.262 e. The minimum Gasteiger partial charge on any atom is -0.262 e. The highest BCUT2D eigenvalue weighted by atomic mass is 32.2. The zero-order chi connectivity index (χ0) is 18.9. The predicted molar refractivity (Wildman–Crippen MR) is 101 cm³/mol. The number of hydrogen-bond donors (Lipinski definition) is 1. The van der Waals surface area contributed by atoms with Crippen LogP contribution in [0.25, 0.3) is 16.7 Å². The maximum atomic E-state index is 12.7. The second-order valence-corrected chi connectivity index (χ2v) is 7.39. The molecule has 8 heteroatoms. The van der Waals surface area contributed by atoms with Gasteiger partial charge in [-0.2, -0.15) is 15.0 Å². The lowest BCUT2D eigenvalue weighted by Gasteiger charge is -2.11. The monoisotopic (exact) mass is 375 g/mol. The van der Waals surface area contributed by atoms with E-state index in [4.69, 9.17) is 0 Å². The number of anilines is 1. The van der Waals surface area contributed by atoms with Crippen molar-refractivity contribution in [2.24, 2.45) is 0 Å². The highest BCUT2D eigenvalue weighted by Gasteiger charge is 2.21. The largest absolute Gasteiger partial charge is 0.263 e. The van der Waals surface area contributed by atoms with Crippen LogP contribution in [-0.4, -0.2) is 23.2 Å². The number of nitrogens with one attached hydrogen (secondary N) is 1. The second-order valence-electron chi connectivity index (χ2n) is 5.71. The Kier molecular flexibility index (Phi) is 4.06. The van der Waals surface area contributed by atoms with E-state index in [2.05, 4.69) is 14.8 Å². The molecule has 0 atom stereocenters. The molecular weight excluding hydrogens is 362 g/mol. The van der Waals surface area contributed by atoms with Crippen LogP contribution in [0.5, 0.6) is 0 Å². The molecule has 7 nitrogen and oxygen atoms in total. The Morgan fingerprint density at radius 3 is 2.48 bits per heavy atom. The van der Waals surface area contributed by atoms with Gasteiger partial charge in [-0.3, -0.25) is 4.72 Å². The predicted octanol–water partition coefficient (Wildman–Crippen LogP) is 3.09. The molecule has 0 amide bonds. The molecule has 4 rings (SSSR count). The molecule has 0 fully saturated rings. The summed E-state index contributed by atoms with van der Waals surface area (Å²) >= 11 is 0. The Morgan fingerprint density at radius 1 is 0.963 bits per heavy atom. The third-order valence-electron chi connectivity index (χ3n) is 3.97. The average molecular weight is 375 g/mol. The quantitative estimate of drug-likeness (QED) is 0.591. The van der Waals surface area contributed by atoms with E-state index in [1.54, 1.807) is 24.3 Å². The molecule has 0 aliphatic carbocycles. The molecule has 0 aliphatic rings. The Hall–Kier alpha value is -3.70. The number of aromatic nitrogens is 3. The molecule has 0 unspecified atom stereocenters. The van der Waals surface area contributed by atoms with Crippen molar-refractivity contribution in [1.82, 2.24) is 14.8 Å². The summed E-state index contributed by atoms with van der Waals surface area (Å²) in [6.45, 7) is 0. The van der Waals surface area contributed by atoms with Crippen molar-refractivity contribution in [1.29, 1.82) is 5.26 Å². The SMILES string of the molecule is N#Cc1cnn(-c2ccc3ccccc3n2)c1NS(=O)(=O)c1ccccc1. The van der Waals surface area contributed by atoms with Crippen molar-refractivity contribution in [3.05, 3.63) is 78.5 Å². The second kappa shape index (κ2) is 6.55. The van der Waals surface area contributed by atoms with Crippen molar-refractivity contribution >= 4 is 26.7 Å². The molecule has 0 radical (unpaired) electrons. The van der Waals surface area contributed by atoms with Gasteiger partial charge in [-0.15, -0.1) is 0 Å². The maximum Gasteiger partial charge on any atom is 0.263 e. The molecule has 0 aliphatic heterocycles. The van der Waals surface area contributed by atoms with Crippen LogP contribution < -0.4 is 4.72 Å². The molecule has 2 aromatic heterocycles. The topological polar surface area (TPSA) is 101 Å². The zero-order valence-corrected chi connectivity index (χ0v) is 14.8. The van der Waals surface area contributed by atoms with E-state index in [1.807, 2.05) is 36.4 Å². The molecule has 2 heterocycles. The summed E-state index contributed by atoms with van der Waals surface area (Å²) in [7, 11) is -3.88. The van der Waals surface area contributed by atoms with Gasteiger partial charge in [0.15, 0.2) is 11.6 Å².